The number of likely N-dealkylation sites (N-methyl/N-ethyl adjacent to an activating group) is 2. The van der Waals surface area contributed by atoms with E-state index in [1.807, 2.05) is 19.0 Å². The normalized spacial score (nSPS) is 22.7. The van der Waals surface area contributed by atoms with Crippen molar-refractivity contribution in [1.82, 2.24) is 10.2 Å². The molecule has 0 aromatic rings. The van der Waals surface area contributed by atoms with Crippen LogP contribution in [0.3, 0.4) is 0 Å². The first kappa shape index (κ1) is 18.7. The van der Waals surface area contributed by atoms with Crippen molar-refractivity contribution in [3.05, 3.63) is 0 Å². The van der Waals surface area contributed by atoms with Crippen molar-refractivity contribution in [2.75, 3.05) is 27.2 Å². The molecule has 0 saturated heterocycles. The van der Waals surface area contributed by atoms with Crippen molar-refractivity contribution in [3.8, 4) is 0 Å². The zero-order valence-electron chi connectivity index (χ0n) is 12.8. The summed E-state index contributed by atoms with van der Waals surface area (Å²) in [5.41, 5.74) is 0. The second-order valence-electron chi connectivity index (χ2n) is 5.72. The predicted octanol–water partition coefficient (Wildman–Crippen LogP) is 3.08. The minimum atomic E-state index is 0. The van der Waals surface area contributed by atoms with Gasteiger partial charge in [0.2, 0.25) is 5.91 Å². The van der Waals surface area contributed by atoms with Crippen LogP contribution in [0, 0.1) is 11.8 Å². The van der Waals surface area contributed by atoms with Gasteiger partial charge in [-0.1, -0.05) is 26.2 Å². The first-order chi connectivity index (χ1) is 8.69. The van der Waals surface area contributed by atoms with Crippen LogP contribution in [0.2, 0.25) is 0 Å². The van der Waals surface area contributed by atoms with E-state index in [4.69, 9.17) is 0 Å². The standard InChI is InChI=1S/C15H30N2O.ClH/c1-4-5-6-13-7-9-14(10-8-13)15(18)17(3)12-11-16-2;/h13-14,16H,4-12H2,1-3H3;1H. The largest absolute Gasteiger partial charge is 0.344 e. The lowest BCUT2D eigenvalue weighted by Crippen LogP contribution is -2.38. The number of hydrogen-bond acceptors (Lipinski definition) is 2. The molecular formula is C15H31ClN2O. The number of nitrogens with one attached hydrogen (secondary N) is 1. The highest BCUT2D eigenvalue weighted by atomic mass is 35.5. The fraction of sp³-hybridized carbons (Fsp3) is 0.933. The van der Waals surface area contributed by atoms with Crippen molar-refractivity contribution in [3.63, 3.8) is 0 Å². The number of nitrogens with zero attached hydrogens (tertiary/aromatic N) is 1. The molecule has 1 amide bonds. The summed E-state index contributed by atoms with van der Waals surface area (Å²) in [6.45, 7) is 3.96. The highest BCUT2D eigenvalue weighted by Gasteiger charge is 2.27. The molecule has 1 N–H and O–H groups in total. The van der Waals surface area contributed by atoms with Gasteiger partial charge in [0.25, 0.3) is 0 Å². The van der Waals surface area contributed by atoms with E-state index in [1.165, 1.54) is 32.1 Å². The van der Waals surface area contributed by atoms with Gasteiger partial charge in [0.05, 0.1) is 0 Å². The Hall–Kier alpha value is -0.280. The Kier molecular flexibility index (Phi) is 10.3. The van der Waals surface area contributed by atoms with E-state index < -0.39 is 0 Å². The maximum absolute atomic E-state index is 12.2. The molecule has 0 spiro atoms. The predicted molar refractivity (Wildman–Crippen MR) is 83.8 cm³/mol. The van der Waals surface area contributed by atoms with Gasteiger partial charge in [-0.3, -0.25) is 4.79 Å². The molecule has 1 rings (SSSR count). The van der Waals surface area contributed by atoms with Crippen molar-refractivity contribution in [2.24, 2.45) is 11.8 Å². The fourth-order valence-corrected chi connectivity index (χ4v) is 2.89. The summed E-state index contributed by atoms with van der Waals surface area (Å²) in [5.74, 6) is 1.54. The van der Waals surface area contributed by atoms with Crippen LogP contribution in [0.5, 0.6) is 0 Å². The zero-order valence-corrected chi connectivity index (χ0v) is 13.6. The van der Waals surface area contributed by atoms with Gasteiger partial charge in [-0.05, 0) is 38.6 Å². The quantitative estimate of drug-likeness (QED) is 0.781. The van der Waals surface area contributed by atoms with Crippen LogP contribution in [0.25, 0.3) is 0 Å². The van der Waals surface area contributed by atoms with Gasteiger partial charge >= 0.3 is 0 Å². The van der Waals surface area contributed by atoms with Crippen LogP contribution in [-0.2, 0) is 4.79 Å². The molecule has 0 bridgehead atoms. The summed E-state index contributed by atoms with van der Waals surface area (Å²) in [7, 11) is 3.86. The van der Waals surface area contributed by atoms with E-state index in [0.717, 1.165) is 31.8 Å². The third-order valence-corrected chi connectivity index (χ3v) is 4.24. The molecule has 114 valence electrons. The lowest BCUT2D eigenvalue weighted by atomic mass is 9.79. The van der Waals surface area contributed by atoms with E-state index in [2.05, 4.69) is 12.2 Å². The monoisotopic (exact) mass is 290 g/mol. The van der Waals surface area contributed by atoms with E-state index >= 15 is 0 Å². The number of carbonyl (C=O) groups is 1. The molecule has 3 nitrogen and oxygen atoms in total. The maximum Gasteiger partial charge on any atom is 0.225 e. The van der Waals surface area contributed by atoms with Crippen LogP contribution in [0.4, 0.5) is 0 Å². The first-order valence-corrected chi connectivity index (χ1v) is 7.58. The molecular weight excluding hydrogens is 260 g/mol. The molecule has 0 radical (unpaired) electrons. The number of rotatable bonds is 7. The number of halogens is 1. The fourth-order valence-electron chi connectivity index (χ4n) is 2.89. The van der Waals surface area contributed by atoms with Crippen molar-refractivity contribution in [2.45, 2.75) is 51.9 Å². The molecule has 1 aliphatic carbocycles. The third-order valence-electron chi connectivity index (χ3n) is 4.24. The molecule has 0 aromatic heterocycles. The molecule has 1 aliphatic rings. The van der Waals surface area contributed by atoms with E-state index in [0.29, 0.717) is 11.8 Å². The topological polar surface area (TPSA) is 32.3 Å². The molecule has 0 unspecified atom stereocenters. The Morgan fingerprint density at radius 3 is 2.42 bits per heavy atom. The van der Waals surface area contributed by atoms with Gasteiger partial charge in [-0.25, -0.2) is 0 Å². The van der Waals surface area contributed by atoms with Crippen molar-refractivity contribution < 1.29 is 4.79 Å². The van der Waals surface area contributed by atoms with Gasteiger partial charge in [-0.15, -0.1) is 12.4 Å². The lowest BCUT2D eigenvalue weighted by molar-refractivity contribution is -0.135. The van der Waals surface area contributed by atoms with E-state index in [-0.39, 0.29) is 12.4 Å². The minimum Gasteiger partial charge on any atom is -0.344 e. The molecule has 0 aliphatic heterocycles. The van der Waals surface area contributed by atoms with Crippen LogP contribution in [0.15, 0.2) is 0 Å². The van der Waals surface area contributed by atoms with Gasteiger partial charge in [0.1, 0.15) is 0 Å². The Bertz CT molecular complexity index is 240. The second kappa shape index (κ2) is 10.5. The van der Waals surface area contributed by atoms with Gasteiger partial charge in [0.15, 0.2) is 0 Å². The summed E-state index contributed by atoms with van der Waals surface area (Å²) < 4.78 is 0. The van der Waals surface area contributed by atoms with Crippen LogP contribution in [-0.4, -0.2) is 38.0 Å². The molecule has 0 atom stereocenters. The average Bonchev–Trinajstić information content (AvgIpc) is 2.42. The van der Waals surface area contributed by atoms with Crippen molar-refractivity contribution >= 4 is 18.3 Å². The Labute approximate surface area is 124 Å². The summed E-state index contributed by atoms with van der Waals surface area (Å²) in [4.78, 5) is 14.1. The molecule has 4 heteroatoms. The Morgan fingerprint density at radius 1 is 1.26 bits per heavy atom. The molecule has 1 fully saturated rings. The van der Waals surface area contributed by atoms with Crippen LogP contribution in [0.1, 0.15) is 51.9 Å². The number of unbranched alkanes of at least 4 members (excludes halogenated alkanes) is 1. The van der Waals surface area contributed by atoms with Gasteiger partial charge < -0.3 is 10.2 Å². The number of amides is 1. The molecule has 19 heavy (non-hydrogen) atoms. The van der Waals surface area contributed by atoms with E-state index in [9.17, 15) is 4.79 Å². The smallest absolute Gasteiger partial charge is 0.225 e. The van der Waals surface area contributed by atoms with Gasteiger partial charge in [0, 0.05) is 26.1 Å². The van der Waals surface area contributed by atoms with Crippen LogP contribution < -0.4 is 5.32 Å². The molecule has 0 heterocycles. The van der Waals surface area contributed by atoms with E-state index in [1.54, 1.807) is 0 Å². The molecule has 0 aromatic carbocycles. The SMILES string of the molecule is CCCCC1CCC(C(=O)N(C)CCNC)CC1.Cl. The minimum absolute atomic E-state index is 0. The summed E-state index contributed by atoms with van der Waals surface area (Å²) in [5, 5.41) is 3.09. The van der Waals surface area contributed by atoms with Crippen molar-refractivity contribution in [1.29, 1.82) is 0 Å². The summed E-state index contributed by atoms with van der Waals surface area (Å²) in [6, 6.07) is 0. The summed E-state index contributed by atoms with van der Waals surface area (Å²) in [6.07, 6.45) is 8.75. The third kappa shape index (κ3) is 6.62. The Balaban J connectivity index is 0.00000324. The number of carbonyl (C=O) groups excluding carboxylic acids is 1. The Morgan fingerprint density at radius 2 is 1.89 bits per heavy atom. The highest BCUT2D eigenvalue weighted by molar-refractivity contribution is 5.85. The number of hydrogen-bond donors (Lipinski definition) is 1. The second-order valence-corrected chi connectivity index (χ2v) is 5.72. The maximum atomic E-state index is 12.2. The highest BCUT2D eigenvalue weighted by Crippen LogP contribution is 2.32. The lowest BCUT2D eigenvalue weighted by Gasteiger charge is -2.30. The molecule has 1 saturated carbocycles. The summed E-state index contributed by atoms with van der Waals surface area (Å²) >= 11 is 0. The van der Waals surface area contributed by atoms with Crippen LogP contribution >= 0.6 is 12.4 Å². The van der Waals surface area contributed by atoms with Gasteiger partial charge in [-0.2, -0.15) is 0 Å². The zero-order chi connectivity index (χ0) is 13.4. The first-order valence-electron chi connectivity index (χ1n) is 7.58. The average molecular weight is 291 g/mol.